The minimum Gasteiger partial charge on any atom is -0.303 e. The number of fused-ring (bicyclic) bond motifs is 1. The first-order valence-corrected chi connectivity index (χ1v) is 6.14. The zero-order chi connectivity index (χ0) is 10.2. The quantitative estimate of drug-likeness (QED) is 0.615. The fourth-order valence-electron chi connectivity index (χ4n) is 4.06. The van der Waals surface area contributed by atoms with Gasteiger partial charge in [-0.15, -0.1) is 0 Å². The van der Waals surface area contributed by atoms with Gasteiger partial charge in [0.25, 0.3) is 0 Å². The Labute approximate surface area is 87.3 Å². The molecule has 0 spiro atoms. The molecule has 0 aromatic rings. The largest absolute Gasteiger partial charge is 0.303 e. The molecular formula is C13H22O. The highest BCUT2D eigenvalue weighted by Crippen LogP contribution is 2.57. The van der Waals surface area contributed by atoms with Crippen LogP contribution in [0.15, 0.2) is 0 Å². The van der Waals surface area contributed by atoms with Crippen molar-refractivity contribution in [1.29, 1.82) is 0 Å². The van der Waals surface area contributed by atoms with Crippen molar-refractivity contribution in [3.63, 3.8) is 0 Å². The molecule has 0 aromatic heterocycles. The molecule has 0 aromatic carbocycles. The average Bonchev–Trinajstić information content (AvgIpc) is 2.54. The molecule has 1 nitrogen and oxygen atoms in total. The molecule has 1 heteroatoms. The van der Waals surface area contributed by atoms with E-state index in [1.165, 1.54) is 44.8 Å². The molecular weight excluding hydrogens is 172 g/mol. The number of aldehydes is 1. The number of carbonyl (C=O) groups excluding carboxylic acids is 1. The lowest BCUT2D eigenvalue weighted by Crippen LogP contribution is -2.35. The summed E-state index contributed by atoms with van der Waals surface area (Å²) < 4.78 is 0. The van der Waals surface area contributed by atoms with Gasteiger partial charge in [0.2, 0.25) is 0 Å². The molecule has 0 radical (unpaired) electrons. The zero-order valence-corrected chi connectivity index (χ0v) is 9.46. The van der Waals surface area contributed by atoms with Crippen LogP contribution >= 0.6 is 0 Å². The van der Waals surface area contributed by atoms with Crippen LogP contribution in [0.2, 0.25) is 0 Å². The maximum atomic E-state index is 10.9. The molecule has 4 atom stereocenters. The van der Waals surface area contributed by atoms with Crippen LogP contribution in [0.5, 0.6) is 0 Å². The predicted octanol–water partition coefficient (Wildman–Crippen LogP) is 3.43. The van der Waals surface area contributed by atoms with Crippen molar-refractivity contribution in [2.45, 2.75) is 52.4 Å². The van der Waals surface area contributed by atoms with E-state index < -0.39 is 0 Å². The van der Waals surface area contributed by atoms with Gasteiger partial charge in [-0.3, -0.25) is 0 Å². The molecule has 0 aliphatic heterocycles. The first kappa shape index (κ1) is 10.2. The highest BCUT2D eigenvalue weighted by molar-refractivity contribution is 5.53. The van der Waals surface area contributed by atoms with Crippen LogP contribution in [0.1, 0.15) is 52.4 Å². The van der Waals surface area contributed by atoms with Crippen LogP contribution in [-0.2, 0) is 4.79 Å². The van der Waals surface area contributed by atoms with Crippen LogP contribution < -0.4 is 0 Å². The number of hydrogen-bond donors (Lipinski definition) is 0. The third kappa shape index (κ3) is 1.41. The summed E-state index contributed by atoms with van der Waals surface area (Å²) in [5, 5.41) is 0. The van der Waals surface area contributed by atoms with Gasteiger partial charge < -0.3 is 4.79 Å². The molecule has 2 saturated carbocycles. The Morgan fingerprint density at radius 1 is 1.29 bits per heavy atom. The van der Waals surface area contributed by atoms with Crippen molar-refractivity contribution in [2.75, 3.05) is 0 Å². The second kappa shape index (κ2) is 3.67. The van der Waals surface area contributed by atoms with E-state index >= 15 is 0 Å². The number of rotatable bonds is 2. The van der Waals surface area contributed by atoms with Crippen molar-refractivity contribution in [1.82, 2.24) is 0 Å². The molecule has 2 fully saturated rings. The van der Waals surface area contributed by atoms with Crippen molar-refractivity contribution < 1.29 is 4.79 Å². The summed E-state index contributed by atoms with van der Waals surface area (Å²) in [6.45, 7) is 4.55. The maximum absolute atomic E-state index is 10.9. The van der Waals surface area contributed by atoms with Crippen LogP contribution in [0.4, 0.5) is 0 Å². The number of hydrogen-bond acceptors (Lipinski definition) is 1. The average molecular weight is 194 g/mol. The van der Waals surface area contributed by atoms with Gasteiger partial charge in [-0.25, -0.2) is 0 Å². The molecule has 0 amide bonds. The number of carbonyl (C=O) groups is 1. The first-order valence-electron chi connectivity index (χ1n) is 6.14. The predicted molar refractivity (Wildman–Crippen MR) is 58.0 cm³/mol. The Morgan fingerprint density at radius 3 is 2.79 bits per heavy atom. The molecule has 14 heavy (non-hydrogen) atoms. The van der Waals surface area contributed by atoms with E-state index in [-0.39, 0.29) is 5.92 Å². The van der Waals surface area contributed by atoms with Gasteiger partial charge in [-0.1, -0.05) is 26.7 Å². The van der Waals surface area contributed by atoms with Crippen LogP contribution in [-0.4, -0.2) is 6.29 Å². The van der Waals surface area contributed by atoms with E-state index in [9.17, 15) is 4.79 Å². The summed E-state index contributed by atoms with van der Waals surface area (Å²) >= 11 is 0. The van der Waals surface area contributed by atoms with Crippen molar-refractivity contribution >= 4 is 6.29 Å². The fourth-order valence-corrected chi connectivity index (χ4v) is 4.06. The monoisotopic (exact) mass is 194 g/mol. The van der Waals surface area contributed by atoms with Crippen LogP contribution in [0, 0.1) is 23.2 Å². The lowest BCUT2D eigenvalue weighted by Gasteiger charge is -2.42. The topological polar surface area (TPSA) is 17.1 Å². The van der Waals surface area contributed by atoms with Crippen molar-refractivity contribution in [2.24, 2.45) is 23.2 Å². The third-order valence-electron chi connectivity index (χ3n) is 4.97. The molecule has 80 valence electrons. The molecule has 2 aliphatic carbocycles. The SMILES string of the molecule is C[C@@H](C=O)C1CCC2CCCC[C@@]21C. The van der Waals surface area contributed by atoms with Gasteiger partial charge in [0, 0.05) is 5.92 Å². The molecule has 2 rings (SSSR count). The van der Waals surface area contributed by atoms with Crippen molar-refractivity contribution in [3.05, 3.63) is 0 Å². The highest BCUT2D eigenvalue weighted by atomic mass is 16.1. The first-order chi connectivity index (χ1) is 6.68. The molecule has 0 saturated heterocycles. The molecule has 2 aliphatic rings. The summed E-state index contributed by atoms with van der Waals surface area (Å²) in [7, 11) is 0. The maximum Gasteiger partial charge on any atom is 0.123 e. The van der Waals surface area contributed by atoms with E-state index in [1.807, 2.05) is 0 Å². The summed E-state index contributed by atoms with van der Waals surface area (Å²) in [6, 6.07) is 0. The van der Waals surface area contributed by atoms with Gasteiger partial charge in [0.05, 0.1) is 0 Å². The molecule has 0 N–H and O–H groups in total. The van der Waals surface area contributed by atoms with Gasteiger partial charge in [-0.05, 0) is 42.9 Å². The zero-order valence-electron chi connectivity index (χ0n) is 9.46. The smallest absolute Gasteiger partial charge is 0.123 e. The van der Waals surface area contributed by atoms with Crippen molar-refractivity contribution in [3.8, 4) is 0 Å². The molecule has 0 heterocycles. The van der Waals surface area contributed by atoms with Gasteiger partial charge in [-0.2, -0.15) is 0 Å². The lowest BCUT2D eigenvalue weighted by molar-refractivity contribution is -0.113. The minimum absolute atomic E-state index is 0.281. The second-order valence-corrected chi connectivity index (χ2v) is 5.63. The molecule has 0 bridgehead atoms. The summed E-state index contributed by atoms with van der Waals surface area (Å²) in [6.07, 6.45) is 9.42. The van der Waals surface area contributed by atoms with Crippen LogP contribution in [0.3, 0.4) is 0 Å². The molecule has 2 unspecified atom stereocenters. The Morgan fingerprint density at radius 2 is 2.07 bits per heavy atom. The lowest BCUT2D eigenvalue weighted by atomic mass is 9.63. The van der Waals surface area contributed by atoms with Crippen LogP contribution in [0.25, 0.3) is 0 Å². The third-order valence-corrected chi connectivity index (χ3v) is 4.97. The highest BCUT2D eigenvalue weighted by Gasteiger charge is 2.48. The Kier molecular flexibility index (Phi) is 2.68. The van der Waals surface area contributed by atoms with Gasteiger partial charge in [0.1, 0.15) is 6.29 Å². The standard InChI is InChI=1S/C13H22O/c1-10(9-14)12-7-6-11-5-3-4-8-13(11,12)2/h9-12H,3-8H2,1-2H3/t10-,11?,12?,13-/m0/s1. The Hall–Kier alpha value is -0.330. The second-order valence-electron chi connectivity index (χ2n) is 5.63. The Bertz CT molecular complexity index is 223. The van der Waals surface area contributed by atoms with E-state index in [2.05, 4.69) is 13.8 Å². The normalized spacial score (nSPS) is 44.4. The van der Waals surface area contributed by atoms with E-state index in [0.717, 1.165) is 5.92 Å². The summed E-state index contributed by atoms with van der Waals surface area (Å²) in [5.41, 5.74) is 0.499. The van der Waals surface area contributed by atoms with E-state index in [0.29, 0.717) is 11.3 Å². The summed E-state index contributed by atoms with van der Waals surface area (Å²) in [5.74, 6) is 1.87. The van der Waals surface area contributed by atoms with E-state index in [1.54, 1.807) is 0 Å². The minimum atomic E-state index is 0.281. The van der Waals surface area contributed by atoms with Gasteiger partial charge >= 0.3 is 0 Å². The Balaban J connectivity index is 2.16. The van der Waals surface area contributed by atoms with E-state index in [4.69, 9.17) is 0 Å². The summed E-state index contributed by atoms with van der Waals surface area (Å²) in [4.78, 5) is 10.9. The van der Waals surface area contributed by atoms with Gasteiger partial charge in [0.15, 0.2) is 0 Å². The fraction of sp³-hybridized carbons (Fsp3) is 0.923.